The zero-order valence-corrected chi connectivity index (χ0v) is 22.6. The SMILES string of the molecule is COCCc1nc2c(N)nc3ccc(CCN4C(=O)c5ccccc5C4=O)cc3c2n1CCCN1CCCC1=O. The van der Waals surface area contributed by atoms with Gasteiger partial charge in [-0.3, -0.25) is 19.3 Å². The number of nitrogens with two attached hydrogens (primary N) is 1. The van der Waals surface area contributed by atoms with Gasteiger partial charge in [-0.05, 0) is 49.1 Å². The normalized spacial score (nSPS) is 15.3. The number of likely N-dealkylation sites (tertiary alicyclic amines) is 1. The number of benzene rings is 2. The summed E-state index contributed by atoms with van der Waals surface area (Å²) in [5, 5.41) is 0.914. The van der Waals surface area contributed by atoms with Crippen LogP contribution in [0.3, 0.4) is 0 Å². The first-order chi connectivity index (χ1) is 19.5. The summed E-state index contributed by atoms with van der Waals surface area (Å²) in [4.78, 5) is 50.5. The molecule has 0 bridgehead atoms. The van der Waals surface area contributed by atoms with Gasteiger partial charge < -0.3 is 19.9 Å². The molecule has 4 aromatic rings. The van der Waals surface area contributed by atoms with E-state index in [9.17, 15) is 14.4 Å². The molecule has 1 saturated heterocycles. The summed E-state index contributed by atoms with van der Waals surface area (Å²) in [6.45, 7) is 3.00. The average molecular weight is 541 g/mol. The van der Waals surface area contributed by atoms with Crippen LogP contribution >= 0.6 is 0 Å². The van der Waals surface area contributed by atoms with Crippen molar-refractivity contribution in [3.63, 3.8) is 0 Å². The number of imide groups is 1. The number of nitrogens with zero attached hydrogens (tertiary/aromatic N) is 5. The van der Waals surface area contributed by atoms with Crippen molar-refractivity contribution in [1.29, 1.82) is 0 Å². The van der Waals surface area contributed by atoms with Crippen LogP contribution in [0, 0.1) is 0 Å². The molecule has 4 heterocycles. The average Bonchev–Trinajstić information content (AvgIpc) is 3.61. The number of imidazole rings is 1. The van der Waals surface area contributed by atoms with Gasteiger partial charge in [-0.1, -0.05) is 18.2 Å². The number of nitrogen functional groups attached to an aromatic ring is 1. The minimum Gasteiger partial charge on any atom is -0.384 e. The summed E-state index contributed by atoms with van der Waals surface area (Å²) in [5.41, 5.74) is 10.6. The Morgan fingerprint density at radius 3 is 2.42 bits per heavy atom. The Balaban J connectivity index is 1.31. The first-order valence-corrected chi connectivity index (χ1v) is 13.8. The number of methoxy groups -OCH3 is 1. The number of aryl methyl sites for hydroxylation is 1. The molecule has 2 aromatic carbocycles. The highest BCUT2D eigenvalue weighted by molar-refractivity contribution is 6.21. The van der Waals surface area contributed by atoms with E-state index in [1.807, 2.05) is 17.0 Å². The Labute approximate surface area is 231 Å². The van der Waals surface area contributed by atoms with Crippen LogP contribution in [0.4, 0.5) is 5.82 Å². The van der Waals surface area contributed by atoms with Gasteiger partial charge >= 0.3 is 0 Å². The maximum absolute atomic E-state index is 12.8. The third-order valence-electron chi connectivity index (χ3n) is 7.86. The topological polar surface area (TPSA) is 124 Å². The van der Waals surface area contributed by atoms with Crippen molar-refractivity contribution in [3.05, 3.63) is 65.0 Å². The van der Waals surface area contributed by atoms with E-state index in [2.05, 4.69) is 15.6 Å². The molecule has 206 valence electrons. The monoisotopic (exact) mass is 540 g/mol. The number of carbonyl (C=O) groups excluding carboxylic acids is 3. The molecule has 0 aliphatic carbocycles. The Kier molecular flexibility index (Phi) is 6.93. The predicted octanol–water partition coefficient (Wildman–Crippen LogP) is 3.21. The lowest BCUT2D eigenvalue weighted by molar-refractivity contribution is -0.127. The van der Waals surface area contributed by atoms with Crippen molar-refractivity contribution in [3.8, 4) is 0 Å². The number of carbonyl (C=O) groups is 3. The summed E-state index contributed by atoms with van der Waals surface area (Å²) in [7, 11) is 1.66. The molecule has 10 nitrogen and oxygen atoms in total. The van der Waals surface area contributed by atoms with Gasteiger partial charge in [0.05, 0.1) is 28.8 Å². The van der Waals surface area contributed by atoms with E-state index in [0.717, 1.165) is 47.2 Å². The quantitative estimate of drug-likeness (QED) is 0.306. The number of hydrogen-bond donors (Lipinski definition) is 1. The van der Waals surface area contributed by atoms with Gasteiger partial charge in [-0.25, -0.2) is 9.97 Å². The van der Waals surface area contributed by atoms with Crippen molar-refractivity contribution in [1.82, 2.24) is 24.3 Å². The molecule has 0 radical (unpaired) electrons. The van der Waals surface area contributed by atoms with Crippen LogP contribution in [0.5, 0.6) is 0 Å². The summed E-state index contributed by atoms with van der Waals surface area (Å²) in [6.07, 6.45) is 3.47. The highest BCUT2D eigenvalue weighted by Gasteiger charge is 2.34. The Bertz CT molecular complexity index is 1610. The number of aromatic nitrogens is 3. The molecular weight excluding hydrogens is 508 g/mol. The summed E-state index contributed by atoms with van der Waals surface area (Å²) in [6, 6.07) is 12.9. The van der Waals surface area contributed by atoms with Crippen LogP contribution in [0.1, 0.15) is 51.4 Å². The molecular formula is C30H32N6O4. The Morgan fingerprint density at radius 1 is 0.950 bits per heavy atom. The third kappa shape index (κ3) is 4.58. The lowest BCUT2D eigenvalue weighted by atomic mass is 10.1. The number of anilines is 1. The second-order valence-corrected chi connectivity index (χ2v) is 10.4. The fourth-order valence-corrected chi connectivity index (χ4v) is 5.83. The number of fused-ring (bicyclic) bond motifs is 4. The number of pyridine rings is 1. The third-order valence-corrected chi connectivity index (χ3v) is 7.86. The van der Waals surface area contributed by atoms with Gasteiger partial charge in [0, 0.05) is 51.5 Å². The summed E-state index contributed by atoms with van der Waals surface area (Å²) < 4.78 is 7.53. The highest BCUT2D eigenvalue weighted by Crippen LogP contribution is 2.31. The van der Waals surface area contributed by atoms with Crippen LogP contribution in [-0.2, 0) is 28.9 Å². The molecule has 3 amide bonds. The smallest absolute Gasteiger partial charge is 0.261 e. The number of rotatable bonds is 10. The van der Waals surface area contributed by atoms with Gasteiger partial charge in [0.15, 0.2) is 5.82 Å². The van der Waals surface area contributed by atoms with Crippen LogP contribution in [0.2, 0.25) is 0 Å². The second-order valence-electron chi connectivity index (χ2n) is 10.4. The molecule has 2 aliphatic heterocycles. The van der Waals surface area contributed by atoms with E-state index in [1.165, 1.54) is 4.90 Å². The first-order valence-electron chi connectivity index (χ1n) is 13.8. The Hall–Kier alpha value is -4.31. The zero-order chi connectivity index (χ0) is 27.8. The maximum atomic E-state index is 12.8. The molecule has 0 spiro atoms. The minimum atomic E-state index is -0.254. The summed E-state index contributed by atoms with van der Waals surface area (Å²) in [5.74, 6) is 0.943. The minimum absolute atomic E-state index is 0.219. The zero-order valence-electron chi connectivity index (χ0n) is 22.6. The van der Waals surface area contributed by atoms with Crippen LogP contribution in [0.25, 0.3) is 21.9 Å². The van der Waals surface area contributed by atoms with E-state index < -0.39 is 0 Å². The van der Waals surface area contributed by atoms with Crippen molar-refractivity contribution >= 4 is 45.5 Å². The van der Waals surface area contributed by atoms with Crippen LogP contribution in [0.15, 0.2) is 42.5 Å². The van der Waals surface area contributed by atoms with Crippen LogP contribution < -0.4 is 5.73 Å². The van der Waals surface area contributed by atoms with Crippen molar-refractivity contribution in [2.75, 3.05) is 39.1 Å². The number of hydrogen-bond acceptors (Lipinski definition) is 7. The first kappa shape index (κ1) is 25.9. The van der Waals surface area contributed by atoms with Crippen LogP contribution in [-0.4, -0.2) is 75.4 Å². The van der Waals surface area contributed by atoms with Crippen molar-refractivity contribution < 1.29 is 19.1 Å². The molecule has 1 fully saturated rings. The molecule has 2 aromatic heterocycles. The standard InChI is InChI=1S/C30H32N6O4/c1-40-17-12-24-33-26-27(35(24)15-5-14-34-13-4-8-25(34)37)22-18-19(9-10-23(22)32-28(26)31)11-16-36-29(38)20-6-2-3-7-21(20)30(36)39/h2-3,6-7,9-10,18H,4-5,8,11-17H2,1H3,(H2,31,32). The number of ether oxygens (including phenoxy) is 1. The largest absolute Gasteiger partial charge is 0.384 e. The van der Waals surface area contributed by atoms with Gasteiger partial charge in [-0.15, -0.1) is 0 Å². The van der Waals surface area contributed by atoms with Gasteiger partial charge in [0.25, 0.3) is 11.8 Å². The molecule has 6 rings (SSSR count). The molecule has 40 heavy (non-hydrogen) atoms. The molecule has 2 aliphatic rings. The lowest BCUT2D eigenvalue weighted by Gasteiger charge is -2.17. The fourth-order valence-electron chi connectivity index (χ4n) is 5.83. The van der Waals surface area contributed by atoms with E-state index >= 15 is 0 Å². The maximum Gasteiger partial charge on any atom is 0.261 e. The fraction of sp³-hybridized carbons (Fsp3) is 0.367. The van der Waals surface area contributed by atoms with Gasteiger partial charge in [-0.2, -0.15) is 0 Å². The van der Waals surface area contributed by atoms with Crippen molar-refractivity contribution in [2.24, 2.45) is 0 Å². The molecule has 0 atom stereocenters. The molecule has 2 N–H and O–H groups in total. The second kappa shape index (κ2) is 10.7. The Morgan fingerprint density at radius 2 is 1.73 bits per heavy atom. The van der Waals surface area contributed by atoms with Crippen molar-refractivity contribution in [2.45, 2.75) is 38.6 Å². The van der Waals surface area contributed by atoms with E-state index in [-0.39, 0.29) is 24.3 Å². The highest BCUT2D eigenvalue weighted by atomic mass is 16.5. The van der Waals surface area contributed by atoms with Gasteiger partial charge in [0.2, 0.25) is 5.91 Å². The lowest BCUT2D eigenvalue weighted by Crippen LogP contribution is -2.31. The number of amides is 3. The molecule has 0 saturated carbocycles. The molecule has 10 heteroatoms. The summed E-state index contributed by atoms with van der Waals surface area (Å²) >= 11 is 0. The van der Waals surface area contributed by atoms with E-state index in [4.69, 9.17) is 15.5 Å². The van der Waals surface area contributed by atoms with Gasteiger partial charge in [0.1, 0.15) is 11.3 Å². The predicted molar refractivity (Wildman–Crippen MR) is 151 cm³/mol. The van der Waals surface area contributed by atoms with E-state index in [1.54, 1.807) is 31.4 Å². The molecule has 0 unspecified atom stereocenters. The van der Waals surface area contributed by atoms with E-state index in [0.29, 0.717) is 61.4 Å².